The predicted octanol–water partition coefficient (Wildman–Crippen LogP) is 3.04. The molecule has 2 atom stereocenters. The number of nitrogens with zero attached hydrogens (tertiary/aromatic N) is 2. The minimum atomic E-state index is -0.460. The Labute approximate surface area is 143 Å². The molecule has 24 heavy (non-hydrogen) atoms. The first kappa shape index (κ1) is 18.5. The van der Waals surface area contributed by atoms with Crippen LogP contribution in [0.5, 0.6) is 0 Å². The third-order valence-electron chi connectivity index (χ3n) is 4.40. The van der Waals surface area contributed by atoms with Gasteiger partial charge in [-0.3, -0.25) is 9.69 Å². The molecule has 0 aliphatic carbocycles. The van der Waals surface area contributed by atoms with Crippen LogP contribution in [0.4, 0.5) is 0 Å². The van der Waals surface area contributed by atoms with E-state index in [-0.39, 0.29) is 24.5 Å². The van der Waals surface area contributed by atoms with E-state index in [0.717, 1.165) is 16.7 Å². The van der Waals surface area contributed by atoms with Crippen LogP contribution >= 0.6 is 0 Å². The fourth-order valence-corrected chi connectivity index (χ4v) is 2.70. The lowest BCUT2D eigenvalue weighted by atomic mass is 10.2. The third kappa shape index (κ3) is 4.36. The van der Waals surface area contributed by atoms with E-state index in [0.29, 0.717) is 6.54 Å². The largest absolute Gasteiger partial charge is 0.459 e. The van der Waals surface area contributed by atoms with Crippen molar-refractivity contribution in [2.24, 2.45) is 0 Å². The summed E-state index contributed by atoms with van der Waals surface area (Å²) in [5.41, 5.74) is 0.832. The van der Waals surface area contributed by atoms with E-state index in [1.807, 2.05) is 56.0 Å². The average Bonchev–Trinajstić information content (AvgIpc) is 2.96. The molecule has 5 nitrogen and oxygen atoms in total. The van der Waals surface area contributed by atoms with Crippen molar-refractivity contribution in [3.05, 3.63) is 36.1 Å². The first-order chi connectivity index (χ1) is 11.3. The summed E-state index contributed by atoms with van der Waals surface area (Å²) >= 11 is 0. The monoisotopic (exact) mass is 332 g/mol. The number of aliphatic hydroxyl groups is 1. The summed E-state index contributed by atoms with van der Waals surface area (Å²) in [7, 11) is 1.79. The number of hydrogen-bond donors (Lipinski definition) is 1. The highest BCUT2D eigenvalue weighted by molar-refractivity contribution is 5.80. The van der Waals surface area contributed by atoms with Crippen LogP contribution in [0, 0.1) is 0 Å². The Balaban J connectivity index is 2.08. The van der Waals surface area contributed by atoms with E-state index < -0.39 is 6.10 Å². The Morgan fingerprint density at radius 2 is 1.88 bits per heavy atom. The minimum Gasteiger partial charge on any atom is -0.459 e. The van der Waals surface area contributed by atoms with Crippen molar-refractivity contribution in [2.75, 3.05) is 20.1 Å². The van der Waals surface area contributed by atoms with Gasteiger partial charge in [0.1, 0.15) is 11.3 Å². The standard InChI is InChI=1S/C19H28N2O3/c1-13(2)21(11-14(3)22)12-19(23)20(5)15(4)18-10-16-8-6-7-9-17(16)24-18/h6-10,13-15,22H,11-12H2,1-5H3. The number of fused-ring (bicyclic) bond motifs is 1. The Bertz CT molecular complexity index is 645. The summed E-state index contributed by atoms with van der Waals surface area (Å²) in [4.78, 5) is 16.3. The molecule has 0 aliphatic heterocycles. The zero-order valence-corrected chi connectivity index (χ0v) is 15.2. The van der Waals surface area contributed by atoms with Gasteiger partial charge in [-0.05, 0) is 39.8 Å². The van der Waals surface area contributed by atoms with Crippen molar-refractivity contribution in [3.63, 3.8) is 0 Å². The van der Waals surface area contributed by atoms with E-state index >= 15 is 0 Å². The van der Waals surface area contributed by atoms with Gasteiger partial charge in [0, 0.05) is 25.0 Å². The summed E-state index contributed by atoms with van der Waals surface area (Å²) in [6.07, 6.45) is -0.460. The second kappa shape index (κ2) is 7.81. The normalized spacial score (nSPS) is 14.3. The van der Waals surface area contributed by atoms with Crippen molar-refractivity contribution in [3.8, 4) is 0 Å². The van der Waals surface area contributed by atoms with Crippen molar-refractivity contribution in [1.82, 2.24) is 9.80 Å². The molecule has 0 spiro atoms. The number of furan rings is 1. The van der Waals surface area contributed by atoms with Crippen LogP contribution in [0.2, 0.25) is 0 Å². The zero-order chi connectivity index (χ0) is 17.9. The van der Waals surface area contributed by atoms with Crippen LogP contribution < -0.4 is 0 Å². The summed E-state index contributed by atoms with van der Waals surface area (Å²) < 4.78 is 5.87. The van der Waals surface area contributed by atoms with E-state index in [2.05, 4.69) is 0 Å². The Morgan fingerprint density at radius 3 is 2.46 bits per heavy atom. The number of benzene rings is 1. The number of likely N-dealkylation sites (N-methyl/N-ethyl adjacent to an activating group) is 1. The third-order valence-corrected chi connectivity index (χ3v) is 4.40. The van der Waals surface area contributed by atoms with E-state index in [1.54, 1.807) is 18.9 Å². The van der Waals surface area contributed by atoms with Gasteiger partial charge >= 0.3 is 0 Å². The first-order valence-electron chi connectivity index (χ1n) is 8.45. The van der Waals surface area contributed by atoms with Crippen molar-refractivity contribution in [1.29, 1.82) is 0 Å². The molecule has 0 fully saturated rings. The van der Waals surface area contributed by atoms with Crippen LogP contribution in [0.1, 0.15) is 39.5 Å². The molecule has 0 saturated heterocycles. The van der Waals surface area contributed by atoms with E-state index in [9.17, 15) is 9.90 Å². The number of rotatable bonds is 7. The summed E-state index contributed by atoms with van der Waals surface area (Å²) in [6, 6.07) is 9.86. The maximum absolute atomic E-state index is 12.6. The Kier molecular flexibility index (Phi) is 6.02. The van der Waals surface area contributed by atoms with Crippen LogP contribution in [0.15, 0.2) is 34.7 Å². The number of hydrogen-bond acceptors (Lipinski definition) is 4. The second-order valence-electron chi connectivity index (χ2n) is 6.74. The molecule has 5 heteroatoms. The topological polar surface area (TPSA) is 56.9 Å². The molecule has 0 bridgehead atoms. The van der Waals surface area contributed by atoms with Crippen molar-refractivity contribution in [2.45, 2.75) is 45.9 Å². The fourth-order valence-electron chi connectivity index (χ4n) is 2.70. The molecular weight excluding hydrogens is 304 g/mol. The van der Waals surface area contributed by atoms with Crippen LogP contribution in [-0.2, 0) is 4.79 Å². The van der Waals surface area contributed by atoms with Gasteiger partial charge in [0.2, 0.25) is 5.91 Å². The van der Waals surface area contributed by atoms with Gasteiger partial charge in [-0.1, -0.05) is 18.2 Å². The van der Waals surface area contributed by atoms with Gasteiger partial charge in [0.15, 0.2) is 0 Å². The average molecular weight is 332 g/mol. The molecule has 1 N–H and O–H groups in total. The number of aliphatic hydroxyl groups excluding tert-OH is 1. The van der Waals surface area contributed by atoms with Crippen molar-refractivity contribution >= 4 is 16.9 Å². The molecule has 0 saturated carbocycles. The summed E-state index contributed by atoms with van der Waals surface area (Å²) in [5.74, 6) is 0.788. The molecule has 0 radical (unpaired) electrons. The number of amides is 1. The van der Waals surface area contributed by atoms with Crippen LogP contribution in [0.25, 0.3) is 11.0 Å². The van der Waals surface area contributed by atoms with E-state index in [1.165, 1.54) is 0 Å². The number of para-hydroxylation sites is 1. The molecule has 1 amide bonds. The Hall–Kier alpha value is -1.85. The van der Waals surface area contributed by atoms with Gasteiger partial charge < -0.3 is 14.4 Å². The molecule has 132 valence electrons. The lowest BCUT2D eigenvalue weighted by Crippen LogP contribution is -2.44. The van der Waals surface area contributed by atoms with Crippen LogP contribution in [-0.4, -0.2) is 53.1 Å². The smallest absolute Gasteiger partial charge is 0.237 e. The fraction of sp³-hybridized carbons (Fsp3) is 0.526. The molecule has 1 aromatic heterocycles. The molecule has 2 unspecified atom stereocenters. The lowest BCUT2D eigenvalue weighted by molar-refractivity contribution is -0.134. The maximum Gasteiger partial charge on any atom is 0.237 e. The molecule has 1 heterocycles. The SMILES string of the molecule is CC(O)CN(CC(=O)N(C)C(C)c1cc2ccccc2o1)C(C)C. The van der Waals surface area contributed by atoms with Gasteiger partial charge in [0.05, 0.1) is 18.7 Å². The highest BCUT2D eigenvalue weighted by Crippen LogP contribution is 2.26. The first-order valence-corrected chi connectivity index (χ1v) is 8.45. The number of carbonyl (C=O) groups is 1. The molecule has 0 aliphatic rings. The zero-order valence-electron chi connectivity index (χ0n) is 15.2. The number of carbonyl (C=O) groups excluding carboxylic acids is 1. The highest BCUT2D eigenvalue weighted by Gasteiger charge is 2.24. The quantitative estimate of drug-likeness (QED) is 0.847. The van der Waals surface area contributed by atoms with Gasteiger partial charge in [0.25, 0.3) is 0 Å². The summed E-state index contributed by atoms with van der Waals surface area (Å²) in [6.45, 7) is 8.52. The predicted molar refractivity (Wildman–Crippen MR) is 95.8 cm³/mol. The molecule has 2 rings (SSSR count). The molecule has 2 aromatic rings. The Morgan fingerprint density at radius 1 is 1.21 bits per heavy atom. The van der Waals surface area contributed by atoms with E-state index in [4.69, 9.17) is 4.42 Å². The molecular formula is C19H28N2O3. The maximum atomic E-state index is 12.6. The minimum absolute atomic E-state index is 0.0114. The highest BCUT2D eigenvalue weighted by atomic mass is 16.3. The second-order valence-corrected chi connectivity index (χ2v) is 6.74. The summed E-state index contributed by atoms with van der Waals surface area (Å²) in [5, 5.41) is 10.6. The van der Waals surface area contributed by atoms with Gasteiger partial charge in [-0.25, -0.2) is 0 Å². The van der Waals surface area contributed by atoms with Crippen molar-refractivity contribution < 1.29 is 14.3 Å². The lowest BCUT2D eigenvalue weighted by Gasteiger charge is -2.30. The van der Waals surface area contributed by atoms with Crippen LogP contribution in [0.3, 0.4) is 0 Å². The molecule has 1 aromatic carbocycles. The van der Waals surface area contributed by atoms with Gasteiger partial charge in [-0.15, -0.1) is 0 Å². The van der Waals surface area contributed by atoms with Gasteiger partial charge in [-0.2, -0.15) is 0 Å².